The highest BCUT2D eigenvalue weighted by Gasteiger charge is 2.41. The lowest BCUT2D eigenvalue weighted by Crippen LogP contribution is -2.39. The number of carboxylic acids is 1. The lowest BCUT2D eigenvalue weighted by Gasteiger charge is -2.23. The molecule has 0 aliphatic heterocycles. The number of hydrogen-bond acceptors (Lipinski definition) is 3. The molecular formula is C20H25NO4S. The molecule has 26 heavy (non-hydrogen) atoms. The molecule has 0 radical (unpaired) electrons. The van der Waals surface area contributed by atoms with Gasteiger partial charge in [0.2, 0.25) is 0 Å². The number of aliphatic carboxylic acids is 1. The highest BCUT2D eigenvalue weighted by molar-refractivity contribution is 7.83. The van der Waals surface area contributed by atoms with Crippen molar-refractivity contribution in [3.05, 3.63) is 29.5 Å². The largest absolute Gasteiger partial charge is 0.481 e. The maximum atomic E-state index is 12.7. The van der Waals surface area contributed by atoms with Gasteiger partial charge in [-0.05, 0) is 50.3 Å². The molecule has 0 saturated heterocycles. The molecule has 1 unspecified atom stereocenters. The number of carbonyl (C=O) groups is 1. The number of hydrogen-bond donors (Lipinski definition) is 2. The fourth-order valence-corrected chi connectivity index (χ4v) is 5.32. The van der Waals surface area contributed by atoms with Gasteiger partial charge in [-0.2, -0.15) is 0 Å². The summed E-state index contributed by atoms with van der Waals surface area (Å²) in [4.78, 5) is 12.3. The minimum absolute atomic E-state index is 0.238. The van der Waals surface area contributed by atoms with E-state index >= 15 is 0 Å². The maximum Gasteiger partial charge on any atom is 0.310 e. The molecule has 1 atom stereocenters. The summed E-state index contributed by atoms with van der Waals surface area (Å²) in [5.74, 6) is 0.286. The van der Waals surface area contributed by atoms with E-state index in [4.69, 9.17) is 4.42 Å². The highest BCUT2D eigenvalue weighted by atomic mass is 32.2. The lowest BCUT2D eigenvalue weighted by molar-refractivity contribution is -0.148. The summed E-state index contributed by atoms with van der Waals surface area (Å²) >= 11 is 0. The molecule has 0 amide bonds. The van der Waals surface area contributed by atoms with Gasteiger partial charge in [0.05, 0.1) is 10.3 Å². The number of benzene rings is 1. The van der Waals surface area contributed by atoms with Crippen LogP contribution in [0.4, 0.5) is 0 Å². The molecule has 1 aromatic heterocycles. The Morgan fingerprint density at radius 2 is 1.92 bits per heavy atom. The van der Waals surface area contributed by atoms with Crippen LogP contribution in [-0.4, -0.2) is 21.8 Å². The summed E-state index contributed by atoms with van der Waals surface area (Å²) in [6, 6.07) is 5.71. The van der Waals surface area contributed by atoms with Crippen molar-refractivity contribution in [2.45, 2.75) is 62.7 Å². The van der Waals surface area contributed by atoms with E-state index in [0.717, 1.165) is 48.8 Å². The molecule has 1 fully saturated rings. The minimum atomic E-state index is -1.44. The molecule has 140 valence electrons. The number of furan rings is 1. The first-order valence-corrected chi connectivity index (χ1v) is 10.7. The molecule has 2 aromatic rings. The average molecular weight is 375 g/mol. The van der Waals surface area contributed by atoms with E-state index in [0.29, 0.717) is 17.7 Å². The van der Waals surface area contributed by atoms with Gasteiger partial charge < -0.3 is 9.52 Å². The van der Waals surface area contributed by atoms with Gasteiger partial charge in [0, 0.05) is 23.9 Å². The molecule has 0 bridgehead atoms. The summed E-state index contributed by atoms with van der Waals surface area (Å²) < 4.78 is 21.7. The van der Waals surface area contributed by atoms with Crippen LogP contribution in [0.25, 0.3) is 11.0 Å². The molecule has 1 saturated carbocycles. The van der Waals surface area contributed by atoms with Crippen LogP contribution in [0.1, 0.15) is 56.3 Å². The van der Waals surface area contributed by atoms with Gasteiger partial charge in [-0.1, -0.05) is 19.3 Å². The Kier molecular flexibility index (Phi) is 4.88. The quantitative estimate of drug-likeness (QED) is 0.775. The maximum absolute atomic E-state index is 12.7. The van der Waals surface area contributed by atoms with Gasteiger partial charge in [0.15, 0.2) is 0 Å². The molecule has 4 rings (SSSR count). The molecule has 6 heteroatoms. The number of rotatable bonds is 5. The van der Waals surface area contributed by atoms with Gasteiger partial charge in [-0.3, -0.25) is 4.79 Å². The Morgan fingerprint density at radius 3 is 2.69 bits per heavy atom. The first kappa shape index (κ1) is 17.7. The standard InChI is InChI=1S/C20H25NO4S/c22-19(23)20(10-4-5-11-20)13-21-26(24)14-8-9-16-15-6-2-1-3-7-17(15)25-18(16)12-14/h8-9,12,21H,1-7,10-11,13H2,(H,22,23). The van der Waals surface area contributed by atoms with Crippen molar-refractivity contribution >= 4 is 27.9 Å². The van der Waals surface area contributed by atoms with Crippen molar-refractivity contribution in [1.29, 1.82) is 0 Å². The van der Waals surface area contributed by atoms with Gasteiger partial charge in [-0.15, -0.1) is 0 Å². The first-order valence-electron chi connectivity index (χ1n) is 9.52. The summed E-state index contributed by atoms with van der Waals surface area (Å²) in [6.07, 6.45) is 8.75. The van der Waals surface area contributed by atoms with E-state index in [1.54, 1.807) is 0 Å². The lowest BCUT2D eigenvalue weighted by atomic mass is 9.87. The fourth-order valence-electron chi connectivity index (χ4n) is 4.34. The van der Waals surface area contributed by atoms with Crippen LogP contribution in [-0.2, 0) is 28.6 Å². The van der Waals surface area contributed by atoms with E-state index in [1.165, 1.54) is 18.4 Å². The van der Waals surface area contributed by atoms with Crippen LogP contribution >= 0.6 is 0 Å². The molecule has 2 N–H and O–H groups in total. The molecule has 0 spiro atoms. The zero-order chi connectivity index (χ0) is 18.1. The topological polar surface area (TPSA) is 79.5 Å². The van der Waals surface area contributed by atoms with Crippen LogP contribution in [0.3, 0.4) is 0 Å². The van der Waals surface area contributed by atoms with Crippen LogP contribution < -0.4 is 4.72 Å². The van der Waals surface area contributed by atoms with E-state index in [-0.39, 0.29) is 6.54 Å². The Balaban J connectivity index is 1.53. The van der Waals surface area contributed by atoms with Crippen molar-refractivity contribution in [2.75, 3.05) is 6.54 Å². The SMILES string of the molecule is O=C(O)C1(CNS(=O)c2ccc3c4c(oc3c2)CCCCC4)CCCC1. The Labute approximate surface area is 155 Å². The number of fused-ring (bicyclic) bond motifs is 3. The fraction of sp³-hybridized carbons (Fsp3) is 0.550. The van der Waals surface area contributed by atoms with Gasteiger partial charge in [0.1, 0.15) is 22.3 Å². The van der Waals surface area contributed by atoms with Crippen molar-refractivity contribution in [3.63, 3.8) is 0 Å². The third-order valence-corrected chi connectivity index (χ3v) is 7.04. The number of nitrogens with one attached hydrogen (secondary N) is 1. The average Bonchev–Trinajstić information content (AvgIpc) is 3.18. The molecular weight excluding hydrogens is 350 g/mol. The third kappa shape index (κ3) is 3.21. The van der Waals surface area contributed by atoms with E-state index in [2.05, 4.69) is 4.72 Å². The van der Waals surface area contributed by atoms with E-state index in [1.807, 2.05) is 18.2 Å². The molecule has 1 aromatic carbocycles. The Bertz CT molecular complexity index is 851. The smallest absolute Gasteiger partial charge is 0.310 e. The molecule has 1 heterocycles. The molecule has 2 aliphatic carbocycles. The van der Waals surface area contributed by atoms with Crippen LogP contribution in [0, 0.1) is 5.41 Å². The number of carboxylic acid groups (broad SMARTS) is 1. The zero-order valence-electron chi connectivity index (χ0n) is 14.9. The second-order valence-corrected chi connectivity index (χ2v) is 8.90. The normalized spacial score (nSPS) is 20.6. The zero-order valence-corrected chi connectivity index (χ0v) is 15.7. The van der Waals surface area contributed by atoms with Gasteiger partial charge >= 0.3 is 5.97 Å². The van der Waals surface area contributed by atoms with Crippen molar-refractivity contribution in [1.82, 2.24) is 4.72 Å². The summed E-state index contributed by atoms with van der Waals surface area (Å²) in [7, 11) is -1.44. The predicted octanol–water partition coefficient (Wildman–Crippen LogP) is 3.96. The van der Waals surface area contributed by atoms with E-state index < -0.39 is 22.4 Å². The van der Waals surface area contributed by atoms with E-state index in [9.17, 15) is 14.1 Å². The molecule has 2 aliphatic rings. The summed E-state index contributed by atoms with van der Waals surface area (Å²) in [6.45, 7) is 0.238. The Hall–Kier alpha value is -1.66. The van der Waals surface area contributed by atoms with Crippen molar-refractivity contribution in [3.8, 4) is 0 Å². The predicted molar refractivity (Wildman–Crippen MR) is 100 cm³/mol. The van der Waals surface area contributed by atoms with Gasteiger partial charge in [0.25, 0.3) is 0 Å². The van der Waals surface area contributed by atoms with Crippen molar-refractivity contribution < 1.29 is 18.5 Å². The number of aryl methyl sites for hydroxylation is 2. The second kappa shape index (κ2) is 7.16. The first-order chi connectivity index (χ1) is 12.6. The summed E-state index contributed by atoms with van der Waals surface area (Å²) in [5.41, 5.74) is 1.32. The van der Waals surface area contributed by atoms with Crippen LogP contribution in [0.2, 0.25) is 0 Å². The van der Waals surface area contributed by atoms with Gasteiger partial charge in [-0.25, -0.2) is 8.93 Å². The van der Waals surface area contributed by atoms with Crippen molar-refractivity contribution in [2.24, 2.45) is 5.41 Å². The summed E-state index contributed by atoms with van der Waals surface area (Å²) in [5, 5.41) is 10.7. The second-order valence-electron chi connectivity index (χ2n) is 7.60. The third-order valence-electron chi connectivity index (χ3n) is 5.95. The minimum Gasteiger partial charge on any atom is -0.481 e. The Morgan fingerprint density at radius 1 is 1.15 bits per heavy atom. The molecule has 5 nitrogen and oxygen atoms in total. The monoisotopic (exact) mass is 375 g/mol. The van der Waals surface area contributed by atoms with Crippen LogP contribution in [0.5, 0.6) is 0 Å². The highest BCUT2D eigenvalue weighted by Crippen LogP contribution is 2.38. The van der Waals surface area contributed by atoms with Crippen LogP contribution in [0.15, 0.2) is 27.5 Å².